The van der Waals surface area contributed by atoms with E-state index in [9.17, 15) is 4.79 Å². The second-order valence-corrected chi connectivity index (χ2v) is 6.82. The molecule has 3 aromatic rings. The van der Waals surface area contributed by atoms with Gasteiger partial charge in [-0.1, -0.05) is 12.1 Å². The standard InChI is InChI=1S/C20H23N5O2/c1-24-10-12-25(13-11-24)18-7-6-15(14-21-18)22-19(26)8-9-20-23-16-4-2-3-5-17(16)27-20/h2-7,14H,8-13H2,1H3,(H,22,26). The molecule has 27 heavy (non-hydrogen) atoms. The van der Waals surface area contributed by atoms with Gasteiger partial charge in [0.25, 0.3) is 0 Å². The average molecular weight is 365 g/mol. The van der Waals surface area contributed by atoms with E-state index in [-0.39, 0.29) is 5.91 Å². The van der Waals surface area contributed by atoms with Gasteiger partial charge in [-0.05, 0) is 31.3 Å². The van der Waals surface area contributed by atoms with Gasteiger partial charge in [-0.15, -0.1) is 0 Å². The van der Waals surface area contributed by atoms with Crippen LogP contribution in [-0.2, 0) is 11.2 Å². The number of aromatic nitrogens is 2. The summed E-state index contributed by atoms with van der Waals surface area (Å²) in [5.41, 5.74) is 2.27. The fourth-order valence-corrected chi connectivity index (χ4v) is 3.15. The molecule has 4 rings (SSSR count). The monoisotopic (exact) mass is 365 g/mol. The quantitative estimate of drug-likeness (QED) is 0.749. The highest BCUT2D eigenvalue weighted by molar-refractivity contribution is 5.90. The highest BCUT2D eigenvalue weighted by Gasteiger charge is 2.15. The zero-order valence-electron chi connectivity index (χ0n) is 15.4. The summed E-state index contributed by atoms with van der Waals surface area (Å²) in [6.45, 7) is 4.02. The number of nitrogens with one attached hydrogen (secondary N) is 1. The lowest BCUT2D eigenvalue weighted by Crippen LogP contribution is -2.44. The Kier molecular flexibility index (Phi) is 5.02. The summed E-state index contributed by atoms with van der Waals surface area (Å²) in [5, 5.41) is 2.89. The number of fused-ring (bicyclic) bond motifs is 1. The number of benzene rings is 1. The Morgan fingerprint density at radius 1 is 1.15 bits per heavy atom. The number of likely N-dealkylation sites (N-methyl/N-ethyl adjacent to an activating group) is 1. The van der Waals surface area contributed by atoms with Gasteiger partial charge in [-0.3, -0.25) is 4.79 Å². The lowest BCUT2D eigenvalue weighted by molar-refractivity contribution is -0.116. The van der Waals surface area contributed by atoms with Crippen LogP contribution < -0.4 is 10.2 Å². The number of anilines is 2. The van der Waals surface area contributed by atoms with Crippen LogP contribution in [0.2, 0.25) is 0 Å². The van der Waals surface area contributed by atoms with Gasteiger partial charge in [0.1, 0.15) is 11.3 Å². The third-order valence-corrected chi connectivity index (χ3v) is 4.76. The third-order valence-electron chi connectivity index (χ3n) is 4.76. The Labute approximate surface area is 158 Å². The second-order valence-electron chi connectivity index (χ2n) is 6.82. The highest BCUT2D eigenvalue weighted by atomic mass is 16.3. The van der Waals surface area contributed by atoms with Gasteiger partial charge >= 0.3 is 0 Å². The fraction of sp³-hybridized carbons (Fsp3) is 0.350. The first-order valence-corrected chi connectivity index (χ1v) is 9.21. The molecule has 1 amide bonds. The van der Waals surface area contributed by atoms with E-state index in [1.54, 1.807) is 6.20 Å². The zero-order chi connectivity index (χ0) is 18.6. The first-order valence-electron chi connectivity index (χ1n) is 9.21. The lowest BCUT2D eigenvalue weighted by Gasteiger charge is -2.33. The molecule has 1 fully saturated rings. The number of pyridine rings is 1. The predicted octanol–water partition coefficient (Wildman–Crippen LogP) is 2.55. The first kappa shape index (κ1) is 17.5. The predicted molar refractivity (Wildman–Crippen MR) is 105 cm³/mol. The summed E-state index contributed by atoms with van der Waals surface area (Å²) >= 11 is 0. The van der Waals surface area contributed by atoms with Crippen molar-refractivity contribution in [3.63, 3.8) is 0 Å². The van der Waals surface area contributed by atoms with Crippen LogP contribution in [0.15, 0.2) is 47.0 Å². The molecular formula is C20H23N5O2. The van der Waals surface area contributed by atoms with Gasteiger partial charge < -0.3 is 19.5 Å². The van der Waals surface area contributed by atoms with E-state index >= 15 is 0 Å². The number of oxazole rings is 1. The van der Waals surface area contributed by atoms with E-state index in [0.717, 1.165) is 43.1 Å². The Hall–Kier alpha value is -2.93. The number of para-hydroxylation sites is 2. The Bertz CT molecular complexity index is 881. The molecule has 1 aliphatic rings. The van der Waals surface area contributed by atoms with Crippen LogP contribution in [0.3, 0.4) is 0 Å². The lowest BCUT2D eigenvalue weighted by atomic mass is 10.2. The van der Waals surface area contributed by atoms with E-state index in [1.165, 1.54) is 0 Å². The van der Waals surface area contributed by atoms with Crippen LogP contribution in [0, 0.1) is 0 Å². The number of piperazine rings is 1. The van der Waals surface area contributed by atoms with Gasteiger partial charge in [0.15, 0.2) is 11.5 Å². The molecule has 0 spiro atoms. The molecule has 0 bridgehead atoms. The van der Waals surface area contributed by atoms with Crippen molar-refractivity contribution in [2.24, 2.45) is 0 Å². The molecule has 1 saturated heterocycles. The molecule has 140 valence electrons. The number of hydrogen-bond donors (Lipinski definition) is 1. The Morgan fingerprint density at radius 2 is 1.96 bits per heavy atom. The number of aryl methyl sites for hydroxylation is 1. The first-order chi connectivity index (χ1) is 13.2. The fourth-order valence-electron chi connectivity index (χ4n) is 3.15. The van der Waals surface area contributed by atoms with Gasteiger partial charge in [0.05, 0.1) is 11.9 Å². The number of hydrogen-bond acceptors (Lipinski definition) is 6. The van der Waals surface area contributed by atoms with E-state index in [0.29, 0.717) is 24.4 Å². The van der Waals surface area contributed by atoms with Crippen molar-refractivity contribution in [3.8, 4) is 0 Å². The van der Waals surface area contributed by atoms with E-state index < -0.39 is 0 Å². The summed E-state index contributed by atoms with van der Waals surface area (Å²) in [5.74, 6) is 1.45. The Balaban J connectivity index is 1.30. The number of amides is 1. The number of carbonyl (C=O) groups excluding carboxylic acids is 1. The van der Waals surface area contributed by atoms with Crippen molar-refractivity contribution in [1.82, 2.24) is 14.9 Å². The highest BCUT2D eigenvalue weighted by Crippen LogP contribution is 2.17. The topological polar surface area (TPSA) is 74.5 Å². The third kappa shape index (κ3) is 4.25. The van der Waals surface area contributed by atoms with Gasteiger partial charge in [0.2, 0.25) is 5.91 Å². The smallest absolute Gasteiger partial charge is 0.224 e. The molecule has 2 aromatic heterocycles. The largest absolute Gasteiger partial charge is 0.441 e. The summed E-state index contributed by atoms with van der Waals surface area (Å²) in [6.07, 6.45) is 2.49. The summed E-state index contributed by atoms with van der Waals surface area (Å²) < 4.78 is 5.65. The molecule has 3 heterocycles. The maximum Gasteiger partial charge on any atom is 0.224 e. The van der Waals surface area contributed by atoms with Gasteiger partial charge in [0, 0.05) is 39.0 Å². The molecule has 7 nitrogen and oxygen atoms in total. The minimum atomic E-state index is -0.0774. The van der Waals surface area contributed by atoms with E-state index in [4.69, 9.17) is 4.42 Å². The number of nitrogens with zero attached hydrogens (tertiary/aromatic N) is 4. The molecule has 1 N–H and O–H groups in total. The molecule has 0 aliphatic carbocycles. The molecular weight excluding hydrogens is 342 g/mol. The van der Waals surface area contributed by atoms with Crippen molar-refractivity contribution >= 4 is 28.5 Å². The van der Waals surface area contributed by atoms with Gasteiger partial charge in [-0.25, -0.2) is 9.97 Å². The molecule has 0 unspecified atom stereocenters. The van der Waals surface area contributed by atoms with E-state index in [1.807, 2.05) is 36.4 Å². The van der Waals surface area contributed by atoms with Crippen molar-refractivity contribution in [2.45, 2.75) is 12.8 Å². The van der Waals surface area contributed by atoms with Crippen molar-refractivity contribution < 1.29 is 9.21 Å². The van der Waals surface area contributed by atoms with Crippen LogP contribution in [0.4, 0.5) is 11.5 Å². The molecule has 1 aliphatic heterocycles. The summed E-state index contributed by atoms with van der Waals surface area (Å²) in [6, 6.07) is 11.5. The molecule has 0 saturated carbocycles. The van der Waals surface area contributed by atoms with Crippen molar-refractivity contribution in [2.75, 3.05) is 43.4 Å². The maximum atomic E-state index is 12.2. The Morgan fingerprint density at radius 3 is 2.70 bits per heavy atom. The molecule has 0 radical (unpaired) electrons. The summed E-state index contributed by atoms with van der Waals surface area (Å²) in [7, 11) is 2.13. The normalized spacial score (nSPS) is 15.2. The maximum absolute atomic E-state index is 12.2. The van der Waals surface area contributed by atoms with Crippen LogP contribution >= 0.6 is 0 Å². The molecule has 7 heteroatoms. The summed E-state index contributed by atoms with van der Waals surface area (Å²) in [4.78, 5) is 25.7. The molecule has 1 aromatic carbocycles. The SMILES string of the molecule is CN1CCN(c2ccc(NC(=O)CCc3nc4ccccc4o3)cn2)CC1. The zero-order valence-corrected chi connectivity index (χ0v) is 15.4. The van der Waals surface area contributed by atoms with Crippen molar-refractivity contribution in [3.05, 3.63) is 48.5 Å². The van der Waals surface area contributed by atoms with Gasteiger partial charge in [-0.2, -0.15) is 0 Å². The minimum absolute atomic E-state index is 0.0774. The second kappa shape index (κ2) is 7.75. The number of carbonyl (C=O) groups is 1. The van der Waals surface area contributed by atoms with Crippen LogP contribution in [0.25, 0.3) is 11.1 Å². The van der Waals surface area contributed by atoms with Crippen molar-refractivity contribution in [1.29, 1.82) is 0 Å². The van der Waals surface area contributed by atoms with Crippen LogP contribution in [-0.4, -0.2) is 54.0 Å². The van der Waals surface area contributed by atoms with Crippen LogP contribution in [0.5, 0.6) is 0 Å². The average Bonchev–Trinajstić information content (AvgIpc) is 3.11. The van der Waals surface area contributed by atoms with Crippen LogP contribution in [0.1, 0.15) is 12.3 Å². The minimum Gasteiger partial charge on any atom is -0.441 e. The molecule has 0 atom stereocenters. The van der Waals surface area contributed by atoms with E-state index in [2.05, 4.69) is 32.1 Å². The number of rotatable bonds is 5.